The van der Waals surface area contributed by atoms with Gasteiger partial charge < -0.3 is 15.8 Å². The quantitative estimate of drug-likeness (QED) is 0.887. The molecule has 0 unspecified atom stereocenters. The Labute approximate surface area is 130 Å². The molecule has 0 saturated heterocycles. The van der Waals surface area contributed by atoms with Gasteiger partial charge in [0.05, 0.1) is 5.69 Å². The second-order valence-corrected chi connectivity index (χ2v) is 4.79. The largest absolute Gasteiger partial charge is 0.484 e. The maximum absolute atomic E-state index is 13.5. The van der Waals surface area contributed by atoms with Crippen molar-refractivity contribution in [2.75, 3.05) is 11.9 Å². The second-order valence-electron chi connectivity index (χ2n) is 4.35. The molecular weight excluding hydrogens is 311 g/mol. The molecule has 0 bridgehead atoms. The standard InChI is InChI=1S/C15H12ClFN2O3/c16-10-3-6-12(17)13(7-10)19-14(20)8-22-11-4-1-9(2-5-11)15(18)21/h1-7H,8H2,(H2,18,21)(H,19,20). The Morgan fingerprint density at radius 2 is 1.86 bits per heavy atom. The number of nitrogens with one attached hydrogen (secondary N) is 1. The lowest BCUT2D eigenvalue weighted by Crippen LogP contribution is -2.20. The number of carbonyl (C=O) groups is 2. The van der Waals surface area contributed by atoms with Gasteiger partial charge in [0.1, 0.15) is 11.6 Å². The molecular formula is C15H12ClFN2O3. The smallest absolute Gasteiger partial charge is 0.262 e. The van der Waals surface area contributed by atoms with Crippen LogP contribution in [0, 0.1) is 5.82 Å². The summed E-state index contributed by atoms with van der Waals surface area (Å²) in [4.78, 5) is 22.6. The molecule has 0 heterocycles. The molecule has 0 aliphatic carbocycles. The first kappa shape index (κ1) is 15.8. The Hall–Kier alpha value is -2.60. The molecule has 2 rings (SSSR count). The van der Waals surface area contributed by atoms with Crippen LogP contribution in [-0.4, -0.2) is 18.4 Å². The summed E-state index contributed by atoms with van der Waals surface area (Å²) in [5.74, 6) is -1.31. The van der Waals surface area contributed by atoms with Gasteiger partial charge in [-0.15, -0.1) is 0 Å². The highest BCUT2D eigenvalue weighted by atomic mass is 35.5. The molecule has 2 aromatic carbocycles. The van der Waals surface area contributed by atoms with Crippen LogP contribution in [0.2, 0.25) is 5.02 Å². The summed E-state index contributed by atoms with van der Waals surface area (Å²) in [6, 6.07) is 9.81. The van der Waals surface area contributed by atoms with E-state index >= 15 is 0 Å². The average molecular weight is 323 g/mol. The average Bonchev–Trinajstić information content (AvgIpc) is 2.49. The normalized spacial score (nSPS) is 10.1. The molecule has 0 aliphatic rings. The van der Waals surface area contributed by atoms with Crippen LogP contribution in [0.25, 0.3) is 0 Å². The molecule has 114 valence electrons. The van der Waals surface area contributed by atoms with Crippen molar-refractivity contribution in [2.45, 2.75) is 0 Å². The molecule has 0 aliphatic heterocycles. The molecule has 0 saturated carbocycles. The molecule has 0 radical (unpaired) electrons. The van der Waals surface area contributed by atoms with E-state index in [0.717, 1.165) is 6.07 Å². The monoisotopic (exact) mass is 322 g/mol. The molecule has 5 nitrogen and oxygen atoms in total. The summed E-state index contributed by atoms with van der Waals surface area (Å²) in [5, 5.41) is 2.66. The second kappa shape index (κ2) is 6.91. The molecule has 2 amide bonds. The molecule has 3 N–H and O–H groups in total. The van der Waals surface area contributed by atoms with Gasteiger partial charge in [0.25, 0.3) is 5.91 Å². The minimum absolute atomic E-state index is 0.0230. The minimum Gasteiger partial charge on any atom is -0.484 e. The Morgan fingerprint density at radius 1 is 1.18 bits per heavy atom. The van der Waals surface area contributed by atoms with Gasteiger partial charge in [0.2, 0.25) is 5.91 Å². The Morgan fingerprint density at radius 3 is 2.50 bits per heavy atom. The number of carbonyl (C=O) groups excluding carboxylic acids is 2. The lowest BCUT2D eigenvalue weighted by molar-refractivity contribution is -0.118. The Kier molecular flexibility index (Phi) is 4.95. The fourth-order valence-corrected chi connectivity index (χ4v) is 1.82. The first-order valence-corrected chi connectivity index (χ1v) is 6.61. The molecule has 7 heteroatoms. The van der Waals surface area contributed by atoms with Gasteiger partial charge >= 0.3 is 0 Å². The van der Waals surface area contributed by atoms with Crippen LogP contribution in [0.1, 0.15) is 10.4 Å². The number of nitrogens with two attached hydrogens (primary N) is 1. The fourth-order valence-electron chi connectivity index (χ4n) is 1.64. The van der Waals surface area contributed by atoms with Gasteiger partial charge in [-0.1, -0.05) is 11.6 Å². The van der Waals surface area contributed by atoms with Gasteiger partial charge in [-0.3, -0.25) is 9.59 Å². The van der Waals surface area contributed by atoms with Crippen molar-refractivity contribution in [3.05, 3.63) is 58.9 Å². The van der Waals surface area contributed by atoms with Gasteiger partial charge in [-0.05, 0) is 42.5 Å². The number of anilines is 1. The van der Waals surface area contributed by atoms with E-state index in [9.17, 15) is 14.0 Å². The van der Waals surface area contributed by atoms with Crippen molar-refractivity contribution in [3.8, 4) is 5.75 Å². The van der Waals surface area contributed by atoms with Gasteiger partial charge in [-0.25, -0.2) is 4.39 Å². The van der Waals surface area contributed by atoms with E-state index in [4.69, 9.17) is 22.1 Å². The van der Waals surface area contributed by atoms with Crippen molar-refractivity contribution in [2.24, 2.45) is 5.73 Å². The van der Waals surface area contributed by atoms with Crippen LogP contribution in [-0.2, 0) is 4.79 Å². The predicted octanol–water partition coefficient (Wildman–Crippen LogP) is 2.60. The van der Waals surface area contributed by atoms with Crippen LogP contribution in [0.15, 0.2) is 42.5 Å². The zero-order valence-electron chi connectivity index (χ0n) is 11.3. The number of hydrogen-bond acceptors (Lipinski definition) is 3. The zero-order chi connectivity index (χ0) is 16.1. The maximum Gasteiger partial charge on any atom is 0.262 e. The van der Waals surface area contributed by atoms with Crippen molar-refractivity contribution < 1.29 is 18.7 Å². The minimum atomic E-state index is -0.594. The molecule has 0 aromatic heterocycles. The van der Waals surface area contributed by atoms with Crippen molar-refractivity contribution in [1.29, 1.82) is 0 Å². The van der Waals surface area contributed by atoms with E-state index in [1.165, 1.54) is 36.4 Å². The van der Waals surface area contributed by atoms with E-state index in [2.05, 4.69) is 5.32 Å². The number of halogens is 2. The van der Waals surface area contributed by atoms with Crippen LogP contribution in [0.4, 0.5) is 10.1 Å². The lowest BCUT2D eigenvalue weighted by Gasteiger charge is -2.08. The number of ether oxygens (including phenoxy) is 1. The highest BCUT2D eigenvalue weighted by Gasteiger charge is 2.09. The third-order valence-electron chi connectivity index (χ3n) is 2.71. The van der Waals surface area contributed by atoms with Crippen LogP contribution in [0.3, 0.4) is 0 Å². The first-order chi connectivity index (χ1) is 10.5. The van der Waals surface area contributed by atoms with Crippen LogP contribution < -0.4 is 15.8 Å². The SMILES string of the molecule is NC(=O)c1ccc(OCC(=O)Nc2cc(Cl)ccc2F)cc1. The van der Waals surface area contributed by atoms with Gasteiger partial charge in [0, 0.05) is 10.6 Å². The number of rotatable bonds is 5. The topological polar surface area (TPSA) is 81.4 Å². The first-order valence-electron chi connectivity index (χ1n) is 6.23. The Balaban J connectivity index is 1.92. The summed E-state index contributed by atoms with van der Waals surface area (Å²) in [6.45, 7) is -0.318. The van der Waals surface area contributed by atoms with Crippen molar-refractivity contribution >= 4 is 29.1 Å². The highest BCUT2D eigenvalue weighted by Crippen LogP contribution is 2.19. The third kappa shape index (κ3) is 4.20. The van der Waals surface area contributed by atoms with E-state index in [1.807, 2.05) is 0 Å². The maximum atomic E-state index is 13.5. The summed E-state index contributed by atoms with van der Waals surface area (Å²) in [5.41, 5.74) is 5.42. The van der Waals surface area contributed by atoms with Crippen LogP contribution >= 0.6 is 11.6 Å². The molecule has 22 heavy (non-hydrogen) atoms. The van der Waals surface area contributed by atoms with E-state index in [1.54, 1.807) is 0 Å². The fraction of sp³-hybridized carbons (Fsp3) is 0.0667. The van der Waals surface area contributed by atoms with Crippen molar-refractivity contribution in [1.82, 2.24) is 0 Å². The van der Waals surface area contributed by atoms with Gasteiger partial charge in [0.15, 0.2) is 6.61 Å². The highest BCUT2D eigenvalue weighted by molar-refractivity contribution is 6.30. The van der Waals surface area contributed by atoms with Crippen LogP contribution in [0.5, 0.6) is 5.75 Å². The van der Waals surface area contributed by atoms with E-state index in [0.29, 0.717) is 16.3 Å². The summed E-state index contributed by atoms with van der Waals surface area (Å²) in [7, 11) is 0. The molecule has 2 aromatic rings. The summed E-state index contributed by atoms with van der Waals surface area (Å²) >= 11 is 5.73. The molecule has 0 atom stereocenters. The zero-order valence-corrected chi connectivity index (χ0v) is 12.1. The lowest BCUT2D eigenvalue weighted by atomic mass is 10.2. The van der Waals surface area contributed by atoms with Crippen molar-refractivity contribution in [3.63, 3.8) is 0 Å². The van der Waals surface area contributed by atoms with E-state index < -0.39 is 17.6 Å². The van der Waals surface area contributed by atoms with E-state index in [-0.39, 0.29) is 12.3 Å². The number of hydrogen-bond donors (Lipinski definition) is 2. The number of primary amides is 1. The summed E-state index contributed by atoms with van der Waals surface area (Å²) in [6.07, 6.45) is 0. The predicted molar refractivity (Wildman–Crippen MR) is 80.5 cm³/mol. The number of benzene rings is 2. The third-order valence-corrected chi connectivity index (χ3v) is 2.95. The molecule has 0 spiro atoms. The molecule has 0 fully saturated rings. The van der Waals surface area contributed by atoms with Gasteiger partial charge in [-0.2, -0.15) is 0 Å². The summed E-state index contributed by atoms with van der Waals surface area (Å²) < 4.78 is 18.7. The number of amides is 2. The Bertz CT molecular complexity index is 704.